The highest BCUT2D eigenvalue weighted by atomic mass is 16.5. The Kier molecular flexibility index (Phi) is 7.22. The molecule has 29 heavy (non-hydrogen) atoms. The second-order valence-electron chi connectivity index (χ2n) is 7.30. The van der Waals surface area contributed by atoms with Crippen LogP contribution in [0.1, 0.15) is 32.7 Å². The minimum Gasteiger partial charge on any atom is -0.379 e. The van der Waals surface area contributed by atoms with Crippen LogP contribution < -0.4 is 16.6 Å². The number of para-hydroxylation sites is 1. The molecule has 0 spiro atoms. The van der Waals surface area contributed by atoms with E-state index >= 15 is 0 Å². The normalized spacial score (nSPS) is 16.1. The molecule has 8 heteroatoms. The monoisotopic (exact) mass is 402 g/mol. The van der Waals surface area contributed by atoms with Gasteiger partial charge in [-0.3, -0.25) is 23.6 Å². The average molecular weight is 402 g/mol. The number of amides is 1. The van der Waals surface area contributed by atoms with Gasteiger partial charge in [-0.15, -0.1) is 0 Å². The van der Waals surface area contributed by atoms with Gasteiger partial charge < -0.3 is 10.1 Å². The molecule has 158 valence electrons. The Labute approximate surface area is 170 Å². The number of hydrogen-bond acceptors (Lipinski definition) is 5. The minimum absolute atomic E-state index is 0.199. The average Bonchev–Trinajstić information content (AvgIpc) is 2.75. The van der Waals surface area contributed by atoms with E-state index in [4.69, 9.17) is 4.74 Å². The van der Waals surface area contributed by atoms with E-state index in [1.807, 2.05) is 13.8 Å². The number of fused-ring (bicyclic) bond motifs is 1. The van der Waals surface area contributed by atoms with Gasteiger partial charge in [0.25, 0.3) is 5.56 Å². The predicted octanol–water partition coefficient (Wildman–Crippen LogP) is 0.973. The minimum atomic E-state index is -0.666. The molecule has 3 rings (SSSR count). The van der Waals surface area contributed by atoms with Crippen LogP contribution >= 0.6 is 0 Å². The van der Waals surface area contributed by atoms with Gasteiger partial charge >= 0.3 is 5.69 Å². The molecule has 0 radical (unpaired) electrons. The first-order valence-corrected chi connectivity index (χ1v) is 10.4. The lowest BCUT2D eigenvalue weighted by Gasteiger charge is -2.27. The second-order valence-corrected chi connectivity index (χ2v) is 7.30. The molecule has 1 N–H and O–H groups in total. The smallest absolute Gasteiger partial charge is 0.332 e. The van der Waals surface area contributed by atoms with Crippen LogP contribution in [0.15, 0.2) is 33.9 Å². The standard InChI is InChI=1S/C21H30N4O4/c1-3-10-24-20(27)16-7-5-6-8-18(16)25(21(24)28)17(4-2)19(26)22-9-11-23-12-14-29-15-13-23/h5-8,17H,3-4,9-15H2,1-2H3,(H,22,26)/t17-/m1/s1. The number of carbonyl (C=O) groups excluding carboxylic acids is 1. The van der Waals surface area contributed by atoms with Gasteiger partial charge in [0, 0.05) is 32.7 Å². The molecule has 2 heterocycles. The van der Waals surface area contributed by atoms with E-state index in [0.29, 0.717) is 50.0 Å². The Morgan fingerprint density at radius 1 is 1.14 bits per heavy atom. The molecule has 1 atom stereocenters. The fourth-order valence-corrected chi connectivity index (χ4v) is 3.82. The van der Waals surface area contributed by atoms with Crippen molar-refractivity contribution in [2.45, 2.75) is 39.3 Å². The molecule has 1 aromatic carbocycles. The SMILES string of the molecule is CCCn1c(=O)c2ccccc2n([C@H](CC)C(=O)NCCN2CCOCC2)c1=O. The number of carbonyl (C=O) groups is 1. The van der Waals surface area contributed by atoms with Gasteiger partial charge in [-0.2, -0.15) is 0 Å². The molecule has 8 nitrogen and oxygen atoms in total. The third-order valence-corrected chi connectivity index (χ3v) is 5.36. The lowest BCUT2D eigenvalue weighted by Crippen LogP contribution is -2.46. The van der Waals surface area contributed by atoms with Crippen LogP contribution in [0.3, 0.4) is 0 Å². The van der Waals surface area contributed by atoms with Crippen molar-refractivity contribution in [1.82, 2.24) is 19.4 Å². The molecule has 1 saturated heterocycles. The summed E-state index contributed by atoms with van der Waals surface area (Å²) >= 11 is 0. The maximum absolute atomic E-state index is 13.1. The molecule has 2 aromatic rings. The lowest BCUT2D eigenvalue weighted by atomic mass is 10.1. The topological polar surface area (TPSA) is 85.6 Å². The Balaban J connectivity index is 1.88. The molecular weight excluding hydrogens is 372 g/mol. The fourth-order valence-electron chi connectivity index (χ4n) is 3.82. The van der Waals surface area contributed by atoms with Crippen molar-refractivity contribution in [2.75, 3.05) is 39.4 Å². The van der Waals surface area contributed by atoms with Crippen LogP contribution in [0.5, 0.6) is 0 Å². The number of rotatable bonds is 8. The van der Waals surface area contributed by atoms with E-state index in [1.54, 1.807) is 24.3 Å². The Bertz CT molecular complexity index is 959. The van der Waals surface area contributed by atoms with Gasteiger partial charge in [-0.25, -0.2) is 4.79 Å². The van der Waals surface area contributed by atoms with Crippen molar-refractivity contribution < 1.29 is 9.53 Å². The van der Waals surface area contributed by atoms with E-state index in [1.165, 1.54) is 9.13 Å². The molecule has 1 fully saturated rings. The first-order chi connectivity index (χ1) is 14.1. The van der Waals surface area contributed by atoms with Crippen molar-refractivity contribution >= 4 is 16.8 Å². The summed E-state index contributed by atoms with van der Waals surface area (Å²) < 4.78 is 8.07. The van der Waals surface area contributed by atoms with Crippen molar-refractivity contribution in [3.05, 3.63) is 45.1 Å². The first kappa shape index (κ1) is 21.3. The van der Waals surface area contributed by atoms with Crippen molar-refractivity contribution in [2.24, 2.45) is 0 Å². The lowest BCUT2D eigenvalue weighted by molar-refractivity contribution is -0.124. The molecule has 0 bridgehead atoms. The summed E-state index contributed by atoms with van der Waals surface area (Å²) in [4.78, 5) is 41.1. The number of morpholine rings is 1. The summed E-state index contributed by atoms with van der Waals surface area (Å²) in [5.41, 5.74) is -0.220. The maximum atomic E-state index is 13.1. The molecule has 1 aliphatic rings. The summed E-state index contributed by atoms with van der Waals surface area (Å²) in [6.07, 6.45) is 1.12. The van der Waals surface area contributed by atoms with E-state index in [-0.39, 0.29) is 11.5 Å². The van der Waals surface area contributed by atoms with Gasteiger partial charge in [0.2, 0.25) is 5.91 Å². The van der Waals surface area contributed by atoms with E-state index < -0.39 is 11.7 Å². The number of benzene rings is 1. The van der Waals surface area contributed by atoms with Crippen LogP contribution in [0, 0.1) is 0 Å². The first-order valence-electron chi connectivity index (χ1n) is 10.4. The number of nitrogens with one attached hydrogen (secondary N) is 1. The van der Waals surface area contributed by atoms with Gasteiger partial charge in [0.05, 0.1) is 24.1 Å². The Morgan fingerprint density at radius 2 is 1.86 bits per heavy atom. The molecule has 0 saturated carbocycles. The predicted molar refractivity (Wildman–Crippen MR) is 112 cm³/mol. The zero-order chi connectivity index (χ0) is 20.8. The van der Waals surface area contributed by atoms with Crippen LogP contribution in [0.25, 0.3) is 10.9 Å². The summed E-state index contributed by atoms with van der Waals surface area (Å²) in [5.74, 6) is -0.199. The van der Waals surface area contributed by atoms with Crippen LogP contribution in [-0.2, 0) is 16.1 Å². The summed E-state index contributed by atoms with van der Waals surface area (Å²) in [6, 6.07) is 6.34. The fraction of sp³-hybridized carbons (Fsp3) is 0.571. The van der Waals surface area contributed by atoms with Crippen molar-refractivity contribution in [3.63, 3.8) is 0 Å². The molecule has 1 aromatic heterocycles. The highest BCUT2D eigenvalue weighted by Gasteiger charge is 2.24. The van der Waals surface area contributed by atoms with Crippen LogP contribution in [0.2, 0.25) is 0 Å². The Morgan fingerprint density at radius 3 is 2.55 bits per heavy atom. The quantitative estimate of drug-likeness (QED) is 0.711. The van der Waals surface area contributed by atoms with E-state index in [9.17, 15) is 14.4 Å². The number of aromatic nitrogens is 2. The number of ether oxygens (including phenoxy) is 1. The summed E-state index contributed by atoms with van der Waals surface area (Å²) in [5, 5.41) is 3.43. The Hall–Kier alpha value is -2.45. The third-order valence-electron chi connectivity index (χ3n) is 5.36. The summed E-state index contributed by atoms with van der Waals surface area (Å²) in [6.45, 7) is 8.53. The second kappa shape index (κ2) is 9.84. The summed E-state index contributed by atoms with van der Waals surface area (Å²) in [7, 11) is 0. The third kappa shape index (κ3) is 4.59. The zero-order valence-electron chi connectivity index (χ0n) is 17.2. The van der Waals surface area contributed by atoms with E-state index in [0.717, 1.165) is 19.6 Å². The van der Waals surface area contributed by atoms with Crippen LogP contribution in [0.4, 0.5) is 0 Å². The van der Waals surface area contributed by atoms with Gasteiger partial charge in [-0.05, 0) is 25.0 Å². The van der Waals surface area contributed by atoms with Crippen LogP contribution in [-0.4, -0.2) is 59.3 Å². The van der Waals surface area contributed by atoms with Gasteiger partial charge in [-0.1, -0.05) is 26.0 Å². The zero-order valence-corrected chi connectivity index (χ0v) is 17.2. The number of nitrogens with zero attached hydrogens (tertiary/aromatic N) is 3. The molecule has 0 unspecified atom stereocenters. The van der Waals surface area contributed by atoms with Gasteiger partial charge in [0.1, 0.15) is 6.04 Å². The van der Waals surface area contributed by atoms with Gasteiger partial charge in [0.15, 0.2) is 0 Å². The highest BCUT2D eigenvalue weighted by Crippen LogP contribution is 2.16. The maximum Gasteiger partial charge on any atom is 0.332 e. The molecule has 0 aliphatic carbocycles. The molecule has 1 amide bonds. The number of hydrogen-bond donors (Lipinski definition) is 1. The van der Waals surface area contributed by atoms with Crippen molar-refractivity contribution in [1.29, 1.82) is 0 Å². The molecule has 1 aliphatic heterocycles. The highest BCUT2D eigenvalue weighted by molar-refractivity contribution is 5.84. The molecular formula is C21H30N4O4. The largest absolute Gasteiger partial charge is 0.379 e. The van der Waals surface area contributed by atoms with Crippen molar-refractivity contribution in [3.8, 4) is 0 Å². The van der Waals surface area contributed by atoms with E-state index in [2.05, 4.69) is 10.2 Å².